The molecule has 3 rings (SSSR count). The molecule has 110 valence electrons. The van der Waals surface area contributed by atoms with Crippen LogP contribution < -0.4 is 0 Å². The van der Waals surface area contributed by atoms with Crippen molar-refractivity contribution in [3.05, 3.63) is 35.8 Å². The molecule has 4 nitrogen and oxygen atoms in total. The topological polar surface area (TPSA) is 50.9 Å². The van der Waals surface area contributed by atoms with Crippen molar-refractivity contribution >= 4 is 21.9 Å². The molecule has 0 fully saturated rings. The van der Waals surface area contributed by atoms with Crippen LogP contribution >= 0.6 is 0 Å². The summed E-state index contributed by atoms with van der Waals surface area (Å²) in [5.41, 5.74) is 4.06. The average molecular weight is 283 g/mol. The van der Waals surface area contributed by atoms with E-state index in [0.29, 0.717) is 12.3 Å². The van der Waals surface area contributed by atoms with Crippen molar-refractivity contribution in [3.8, 4) is 0 Å². The lowest BCUT2D eigenvalue weighted by Crippen LogP contribution is -2.10. The highest BCUT2D eigenvalue weighted by atomic mass is 16.3. The monoisotopic (exact) mass is 283 g/mol. The summed E-state index contributed by atoms with van der Waals surface area (Å²) in [4.78, 5) is 9.40. The number of benzene rings is 1. The number of fused-ring (bicyclic) bond motifs is 3. The van der Waals surface area contributed by atoms with Gasteiger partial charge in [-0.1, -0.05) is 32.0 Å². The van der Waals surface area contributed by atoms with E-state index >= 15 is 0 Å². The van der Waals surface area contributed by atoms with Gasteiger partial charge in [0.15, 0.2) is 0 Å². The van der Waals surface area contributed by atoms with Crippen LogP contribution in [0.5, 0.6) is 0 Å². The van der Waals surface area contributed by atoms with Crippen LogP contribution in [0, 0.1) is 12.8 Å². The Bertz CT molecular complexity index is 789. The standard InChI is InChI=1S/C17H21N3O/c1-11(2)10-20-15(8-9-21)19-16-12(3)18-14-7-5-4-6-13(14)17(16)20/h4-7,11,21H,8-10H2,1-3H3. The number of nitrogens with zero attached hydrogens (tertiary/aromatic N) is 3. The maximum absolute atomic E-state index is 9.32. The van der Waals surface area contributed by atoms with Crippen LogP contribution in [0.1, 0.15) is 25.4 Å². The van der Waals surface area contributed by atoms with Gasteiger partial charge in [-0.15, -0.1) is 0 Å². The van der Waals surface area contributed by atoms with Crippen LogP contribution in [0.4, 0.5) is 0 Å². The first-order chi connectivity index (χ1) is 10.1. The van der Waals surface area contributed by atoms with Crippen molar-refractivity contribution in [2.45, 2.75) is 33.7 Å². The highest BCUT2D eigenvalue weighted by Gasteiger charge is 2.16. The number of rotatable bonds is 4. The molecule has 1 aromatic carbocycles. The Morgan fingerprint density at radius 3 is 2.67 bits per heavy atom. The van der Waals surface area contributed by atoms with Crippen LogP contribution in [0.25, 0.3) is 21.9 Å². The maximum Gasteiger partial charge on any atom is 0.112 e. The number of imidazole rings is 1. The molecule has 0 aliphatic carbocycles. The molecular weight excluding hydrogens is 262 g/mol. The van der Waals surface area contributed by atoms with Crippen molar-refractivity contribution in [3.63, 3.8) is 0 Å². The number of aromatic nitrogens is 3. The molecule has 0 unspecified atom stereocenters. The Kier molecular flexibility index (Phi) is 3.64. The fourth-order valence-electron chi connectivity index (χ4n) is 2.88. The molecule has 0 bridgehead atoms. The molecule has 3 aromatic rings. The molecular formula is C17H21N3O. The number of para-hydroxylation sites is 1. The third-order valence-corrected chi connectivity index (χ3v) is 3.72. The number of aliphatic hydroxyl groups is 1. The Morgan fingerprint density at radius 1 is 1.19 bits per heavy atom. The van der Waals surface area contributed by atoms with Crippen molar-refractivity contribution < 1.29 is 5.11 Å². The van der Waals surface area contributed by atoms with Gasteiger partial charge in [0, 0.05) is 18.4 Å². The van der Waals surface area contributed by atoms with Gasteiger partial charge in [0.25, 0.3) is 0 Å². The van der Waals surface area contributed by atoms with Gasteiger partial charge in [0.1, 0.15) is 11.3 Å². The fourth-order valence-corrected chi connectivity index (χ4v) is 2.88. The summed E-state index contributed by atoms with van der Waals surface area (Å²) >= 11 is 0. The predicted octanol–water partition coefficient (Wildman–Crippen LogP) is 3.08. The number of pyridine rings is 1. The molecule has 21 heavy (non-hydrogen) atoms. The van der Waals surface area contributed by atoms with E-state index in [4.69, 9.17) is 4.98 Å². The van der Waals surface area contributed by atoms with Gasteiger partial charge in [-0.3, -0.25) is 4.98 Å². The van der Waals surface area contributed by atoms with E-state index in [9.17, 15) is 5.11 Å². The van der Waals surface area contributed by atoms with Gasteiger partial charge in [0.05, 0.1) is 23.3 Å². The van der Waals surface area contributed by atoms with Gasteiger partial charge in [-0.25, -0.2) is 4.98 Å². The van der Waals surface area contributed by atoms with Crippen molar-refractivity contribution in [2.24, 2.45) is 5.92 Å². The second-order valence-corrected chi connectivity index (χ2v) is 5.92. The minimum atomic E-state index is 0.117. The van der Waals surface area contributed by atoms with Crippen LogP contribution in [0.15, 0.2) is 24.3 Å². The molecule has 1 N–H and O–H groups in total. The molecule has 0 atom stereocenters. The van der Waals surface area contributed by atoms with Gasteiger partial charge in [-0.05, 0) is 18.9 Å². The Labute approximate surface area is 124 Å². The zero-order valence-electron chi connectivity index (χ0n) is 12.8. The lowest BCUT2D eigenvalue weighted by molar-refractivity contribution is 0.294. The molecule has 0 spiro atoms. The van der Waals surface area contributed by atoms with E-state index in [1.165, 1.54) is 0 Å². The largest absolute Gasteiger partial charge is 0.396 e. The van der Waals surface area contributed by atoms with Crippen LogP contribution in [0.3, 0.4) is 0 Å². The summed E-state index contributed by atoms with van der Waals surface area (Å²) in [6.45, 7) is 7.42. The highest BCUT2D eigenvalue weighted by molar-refractivity contribution is 6.03. The summed E-state index contributed by atoms with van der Waals surface area (Å²) in [6.07, 6.45) is 0.579. The minimum absolute atomic E-state index is 0.117. The number of aryl methyl sites for hydroxylation is 1. The van der Waals surface area contributed by atoms with E-state index in [1.807, 2.05) is 25.1 Å². The molecule has 4 heteroatoms. The summed E-state index contributed by atoms with van der Waals surface area (Å²) in [6, 6.07) is 8.20. The minimum Gasteiger partial charge on any atom is -0.396 e. The third-order valence-electron chi connectivity index (χ3n) is 3.72. The zero-order valence-corrected chi connectivity index (χ0v) is 12.8. The third kappa shape index (κ3) is 2.40. The number of aliphatic hydroxyl groups excluding tert-OH is 1. The molecule has 2 heterocycles. The highest BCUT2D eigenvalue weighted by Crippen LogP contribution is 2.28. The van der Waals surface area contributed by atoms with E-state index in [2.05, 4.69) is 29.5 Å². The zero-order chi connectivity index (χ0) is 15.0. The van der Waals surface area contributed by atoms with E-state index in [-0.39, 0.29) is 6.61 Å². The Morgan fingerprint density at radius 2 is 1.95 bits per heavy atom. The van der Waals surface area contributed by atoms with Crippen LogP contribution in [-0.4, -0.2) is 26.2 Å². The molecule has 0 radical (unpaired) electrons. The van der Waals surface area contributed by atoms with Crippen LogP contribution in [-0.2, 0) is 13.0 Å². The van der Waals surface area contributed by atoms with Crippen molar-refractivity contribution in [1.29, 1.82) is 0 Å². The van der Waals surface area contributed by atoms with Crippen molar-refractivity contribution in [2.75, 3.05) is 6.61 Å². The molecule has 0 saturated carbocycles. The molecule has 2 aromatic heterocycles. The summed E-state index contributed by atoms with van der Waals surface area (Å²) in [5, 5.41) is 10.5. The summed E-state index contributed by atoms with van der Waals surface area (Å²) < 4.78 is 2.26. The van der Waals surface area contributed by atoms with E-state index in [0.717, 1.165) is 40.0 Å². The SMILES string of the molecule is Cc1nc2ccccc2c2c1nc(CCO)n2CC(C)C. The first-order valence-corrected chi connectivity index (χ1v) is 7.47. The van der Waals surface area contributed by atoms with Gasteiger partial charge in [-0.2, -0.15) is 0 Å². The lowest BCUT2D eigenvalue weighted by Gasteiger charge is -2.12. The first kappa shape index (κ1) is 14.0. The Balaban J connectivity index is 2.39. The lowest BCUT2D eigenvalue weighted by atomic mass is 10.1. The van der Waals surface area contributed by atoms with Crippen molar-refractivity contribution in [1.82, 2.24) is 14.5 Å². The summed E-state index contributed by atoms with van der Waals surface area (Å²) in [5.74, 6) is 1.47. The molecule has 0 aliphatic heterocycles. The second-order valence-electron chi connectivity index (χ2n) is 5.92. The van der Waals surface area contributed by atoms with Gasteiger partial charge >= 0.3 is 0 Å². The summed E-state index contributed by atoms with van der Waals surface area (Å²) in [7, 11) is 0. The number of hydrogen-bond acceptors (Lipinski definition) is 3. The van der Waals surface area contributed by atoms with E-state index < -0.39 is 0 Å². The molecule has 0 saturated heterocycles. The quantitative estimate of drug-likeness (QED) is 0.800. The molecule has 0 amide bonds. The van der Waals surface area contributed by atoms with E-state index in [1.54, 1.807) is 0 Å². The van der Waals surface area contributed by atoms with Gasteiger partial charge in [0.2, 0.25) is 0 Å². The number of hydrogen-bond donors (Lipinski definition) is 1. The van der Waals surface area contributed by atoms with Gasteiger partial charge < -0.3 is 9.67 Å². The normalized spacial score (nSPS) is 11.9. The smallest absolute Gasteiger partial charge is 0.112 e. The first-order valence-electron chi connectivity index (χ1n) is 7.47. The maximum atomic E-state index is 9.32. The molecule has 0 aliphatic rings. The average Bonchev–Trinajstić information content (AvgIpc) is 2.79. The fraction of sp³-hybridized carbons (Fsp3) is 0.412. The predicted molar refractivity (Wildman–Crippen MR) is 85.4 cm³/mol. The second kappa shape index (κ2) is 5.45. The Hall–Kier alpha value is -1.94. The van der Waals surface area contributed by atoms with Crippen LogP contribution in [0.2, 0.25) is 0 Å².